The Bertz CT molecular complexity index is 601. The summed E-state index contributed by atoms with van der Waals surface area (Å²) in [5.74, 6) is -2.98. The summed E-state index contributed by atoms with van der Waals surface area (Å²) in [4.78, 5) is 36.5. The second kappa shape index (κ2) is 8.50. The zero-order valence-corrected chi connectivity index (χ0v) is 15.4. The van der Waals surface area contributed by atoms with Gasteiger partial charge in [-0.05, 0) is 33.3 Å². The van der Waals surface area contributed by atoms with Gasteiger partial charge in [-0.15, -0.1) is 0 Å². The van der Waals surface area contributed by atoms with Crippen LogP contribution in [0, 0.1) is 12.8 Å². The first-order chi connectivity index (χ1) is 11.6. The van der Waals surface area contributed by atoms with Crippen molar-refractivity contribution in [1.29, 1.82) is 0 Å². The van der Waals surface area contributed by atoms with Gasteiger partial charge >= 0.3 is 18.0 Å². The molecule has 1 rings (SSSR count). The maximum absolute atomic E-state index is 12.2. The third kappa shape index (κ3) is 6.10. The fourth-order valence-corrected chi connectivity index (χ4v) is 2.19. The van der Waals surface area contributed by atoms with Crippen molar-refractivity contribution in [2.45, 2.75) is 39.3 Å². The minimum atomic E-state index is -1.36. The van der Waals surface area contributed by atoms with E-state index in [9.17, 15) is 14.4 Å². The van der Waals surface area contributed by atoms with Crippen LogP contribution in [0.3, 0.4) is 0 Å². The minimum Gasteiger partial charge on any atom is -0.468 e. The standard InChI is InChI=1S/C18H25NO6/c1-11-7-9-12(10-8-11)14(19-17(22)25-18(2,3)4)13(15(20)23-5)16(21)24-6/h7-10,13-14H,1-6H3,(H,19,22)/t14-/m0/s1. The van der Waals surface area contributed by atoms with Crippen molar-refractivity contribution in [1.82, 2.24) is 5.32 Å². The summed E-state index contributed by atoms with van der Waals surface area (Å²) in [5, 5.41) is 2.58. The van der Waals surface area contributed by atoms with E-state index >= 15 is 0 Å². The third-order valence-corrected chi connectivity index (χ3v) is 3.35. The average molecular weight is 351 g/mol. The molecule has 7 heteroatoms. The van der Waals surface area contributed by atoms with Gasteiger partial charge in [-0.25, -0.2) is 4.79 Å². The first-order valence-electron chi connectivity index (χ1n) is 7.80. The second-order valence-corrected chi connectivity index (χ2v) is 6.56. The van der Waals surface area contributed by atoms with Crippen LogP contribution in [0.4, 0.5) is 4.79 Å². The summed E-state index contributed by atoms with van der Waals surface area (Å²) in [5.41, 5.74) is 0.818. The van der Waals surface area contributed by atoms with Crippen LogP contribution in [0.2, 0.25) is 0 Å². The predicted octanol–water partition coefficient (Wildman–Crippen LogP) is 2.52. The van der Waals surface area contributed by atoms with Crippen LogP contribution in [0.25, 0.3) is 0 Å². The van der Waals surface area contributed by atoms with Crippen molar-refractivity contribution in [3.05, 3.63) is 35.4 Å². The maximum Gasteiger partial charge on any atom is 0.408 e. The smallest absolute Gasteiger partial charge is 0.408 e. The van der Waals surface area contributed by atoms with Crippen molar-refractivity contribution in [3.8, 4) is 0 Å². The SMILES string of the molecule is COC(=O)C(C(=O)OC)[C@@H](NC(=O)OC(C)(C)C)c1ccc(C)cc1. The number of hydrogen-bond acceptors (Lipinski definition) is 6. The number of rotatable bonds is 5. The first-order valence-corrected chi connectivity index (χ1v) is 7.80. The molecule has 0 saturated heterocycles. The number of carbonyl (C=O) groups is 3. The van der Waals surface area contributed by atoms with E-state index in [0.717, 1.165) is 19.8 Å². The van der Waals surface area contributed by atoms with Gasteiger partial charge in [-0.1, -0.05) is 29.8 Å². The molecule has 1 N–H and O–H groups in total. The number of methoxy groups -OCH3 is 2. The Balaban J connectivity index is 3.25. The summed E-state index contributed by atoms with van der Waals surface area (Å²) in [6.45, 7) is 7.04. The number of alkyl carbamates (subject to hydrolysis) is 1. The lowest BCUT2D eigenvalue weighted by molar-refractivity contribution is -0.160. The van der Waals surface area contributed by atoms with Gasteiger partial charge in [-0.3, -0.25) is 9.59 Å². The topological polar surface area (TPSA) is 90.9 Å². The van der Waals surface area contributed by atoms with E-state index in [1.807, 2.05) is 19.1 Å². The quantitative estimate of drug-likeness (QED) is 0.498. The number of benzene rings is 1. The molecule has 1 aromatic carbocycles. The molecule has 1 amide bonds. The van der Waals surface area contributed by atoms with Crippen LogP contribution in [0.1, 0.15) is 37.9 Å². The first kappa shape index (κ1) is 20.5. The molecule has 0 aliphatic carbocycles. The lowest BCUT2D eigenvalue weighted by Gasteiger charge is -2.27. The highest BCUT2D eigenvalue weighted by Gasteiger charge is 2.39. The molecule has 0 unspecified atom stereocenters. The van der Waals surface area contributed by atoms with Gasteiger partial charge < -0.3 is 19.5 Å². The Morgan fingerprint density at radius 2 is 1.44 bits per heavy atom. The molecule has 0 fully saturated rings. The number of carbonyl (C=O) groups excluding carboxylic acids is 3. The normalized spacial score (nSPS) is 12.3. The highest BCUT2D eigenvalue weighted by Crippen LogP contribution is 2.26. The molecule has 0 bridgehead atoms. The highest BCUT2D eigenvalue weighted by atomic mass is 16.6. The molecule has 25 heavy (non-hydrogen) atoms. The van der Waals surface area contributed by atoms with Gasteiger partial charge in [0.05, 0.1) is 20.3 Å². The minimum absolute atomic E-state index is 0.553. The number of aryl methyl sites for hydroxylation is 1. The molecule has 7 nitrogen and oxygen atoms in total. The summed E-state index contributed by atoms with van der Waals surface area (Å²) < 4.78 is 14.7. The molecular formula is C18H25NO6. The molecule has 0 radical (unpaired) electrons. The molecule has 0 aromatic heterocycles. The monoisotopic (exact) mass is 351 g/mol. The molecule has 0 saturated carbocycles. The highest BCUT2D eigenvalue weighted by molar-refractivity contribution is 5.96. The Labute approximate surface area is 147 Å². The van der Waals surface area contributed by atoms with Gasteiger partial charge in [0.25, 0.3) is 0 Å². The van der Waals surface area contributed by atoms with Crippen LogP contribution < -0.4 is 5.32 Å². The van der Waals surface area contributed by atoms with E-state index in [1.165, 1.54) is 0 Å². The Morgan fingerprint density at radius 1 is 0.960 bits per heavy atom. The number of amides is 1. The zero-order valence-electron chi connectivity index (χ0n) is 15.4. The van der Waals surface area contributed by atoms with Crippen LogP contribution >= 0.6 is 0 Å². The van der Waals surface area contributed by atoms with Crippen molar-refractivity contribution in [3.63, 3.8) is 0 Å². The van der Waals surface area contributed by atoms with E-state index < -0.39 is 35.6 Å². The third-order valence-electron chi connectivity index (χ3n) is 3.35. The van der Waals surface area contributed by atoms with Crippen LogP contribution in [-0.4, -0.2) is 37.9 Å². The molecule has 0 aliphatic heterocycles. The van der Waals surface area contributed by atoms with Crippen LogP contribution in [-0.2, 0) is 23.8 Å². The fourth-order valence-electron chi connectivity index (χ4n) is 2.19. The number of nitrogens with one attached hydrogen (secondary N) is 1. The molecule has 0 heterocycles. The number of esters is 2. The van der Waals surface area contributed by atoms with Crippen molar-refractivity contribution >= 4 is 18.0 Å². The van der Waals surface area contributed by atoms with Crippen LogP contribution in [0.15, 0.2) is 24.3 Å². The molecule has 0 spiro atoms. The van der Waals surface area contributed by atoms with Crippen LogP contribution in [0.5, 0.6) is 0 Å². The van der Waals surface area contributed by atoms with E-state index in [2.05, 4.69) is 5.32 Å². The maximum atomic E-state index is 12.2. The van der Waals surface area contributed by atoms with Crippen molar-refractivity contribution < 1.29 is 28.6 Å². The number of ether oxygens (including phenoxy) is 3. The van der Waals surface area contributed by atoms with Gasteiger partial charge in [-0.2, -0.15) is 0 Å². The fraction of sp³-hybridized carbons (Fsp3) is 0.500. The Morgan fingerprint density at radius 3 is 1.84 bits per heavy atom. The Kier molecular flexibility index (Phi) is 6.97. The number of hydrogen-bond donors (Lipinski definition) is 1. The lowest BCUT2D eigenvalue weighted by Crippen LogP contribution is -2.43. The van der Waals surface area contributed by atoms with Crippen molar-refractivity contribution in [2.24, 2.45) is 5.92 Å². The summed E-state index contributed by atoms with van der Waals surface area (Å²) >= 11 is 0. The molecule has 138 valence electrons. The van der Waals surface area contributed by atoms with Gasteiger partial charge in [0, 0.05) is 0 Å². The second-order valence-electron chi connectivity index (χ2n) is 6.56. The van der Waals surface area contributed by atoms with E-state index in [4.69, 9.17) is 14.2 Å². The van der Waals surface area contributed by atoms with Gasteiger partial charge in [0.2, 0.25) is 0 Å². The predicted molar refractivity (Wildman–Crippen MR) is 90.8 cm³/mol. The Hall–Kier alpha value is -2.57. The largest absolute Gasteiger partial charge is 0.468 e. The summed E-state index contributed by atoms with van der Waals surface area (Å²) in [7, 11) is 2.33. The average Bonchev–Trinajstić information content (AvgIpc) is 2.52. The van der Waals surface area contributed by atoms with E-state index in [0.29, 0.717) is 5.56 Å². The molecular weight excluding hydrogens is 326 g/mol. The van der Waals surface area contributed by atoms with Gasteiger partial charge in [0.15, 0.2) is 5.92 Å². The summed E-state index contributed by atoms with van der Waals surface area (Å²) in [6.07, 6.45) is -0.754. The van der Waals surface area contributed by atoms with E-state index in [-0.39, 0.29) is 0 Å². The zero-order chi connectivity index (χ0) is 19.2. The van der Waals surface area contributed by atoms with Gasteiger partial charge in [0.1, 0.15) is 5.60 Å². The summed E-state index contributed by atoms with van der Waals surface area (Å²) in [6, 6.07) is 6.07. The lowest BCUT2D eigenvalue weighted by atomic mass is 9.92. The molecule has 0 aliphatic rings. The molecule has 1 aromatic rings. The van der Waals surface area contributed by atoms with E-state index in [1.54, 1.807) is 32.9 Å². The van der Waals surface area contributed by atoms with Crippen molar-refractivity contribution in [2.75, 3.05) is 14.2 Å². The molecule has 1 atom stereocenters.